The highest BCUT2D eigenvalue weighted by Crippen LogP contribution is 2.40. The van der Waals surface area contributed by atoms with E-state index < -0.39 is 5.91 Å². The van der Waals surface area contributed by atoms with Crippen LogP contribution in [0, 0.1) is 18.8 Å². The molecule has 148 valence electrons. The summed E-state index contributed by atoms with van der Waals surface area (Å²) in [5, 5.41) is 3.99. The van der Waals surface area contributed by atoms with E-state index in [0.29, 0.717) is 17.9 Å². The molecule has 1 unspecified atom stereocenters. The maximum atomic E-state index is 12.7. The molecule has 1 aliphatic carbocycles. The van der Waals surface area contributed by atoms with Crippen LogP contribution in [0.3, 0.4) is 0 Å². The number of primary amides is 1. The monoisotopic (exact) mass is 381 g/mol. The minimum Gasteiger partial charge on any atom is -0.364 e. The van der Waals surface area contributed by atoms with Gasteiger partial charge in [0.2, 0.25) is 0 Å². The van der Waals surface area contributed by atoms with E-state index in [-0.39, 0.29) is 11.7 Å². The van der Waals surface area contributed by atoms with Gasteiger partial charge in [0, 0.05) is 31.9 Å². The van der Waals surface area contributed by atoms with Crippen LogP contribution in [0.25, 0.3) is 0 Å². The molecule has 2 fully saturated rings. The third-order valence-electron chi connectivity index (χ3n) is 6.21. The Hall–Kier alpha value is -2.67. The molecule has 1 aromatic heterocycles. The molecule has 2 aromatic rings. The van der Waals surface area contributed by atoms with Gasteiger partial charge in [-0.3, -0.25) is 9.69 Å². The number of nitrogens with two attached hydrogens (primary N) is 1. The average Bonchev–Trinajstić information content (AvgIpc) is 3.37. The Morgan fingerprint density at radius 1 is 1.14 bits per heavy atom. The van der Waals surface area contributed by atoms with Crippen molar-refractivity contribution < 1.29 is 9.59 Å². The van der Waals surface area contributed by atoms with E-state index in [2.05, 4.69) is 48.2 Å². The molecule has 1 aliphatic heterocycles. The fraction of sp³-hybridized carbons (Fsp3) is 0.476. The van der Waals surface area contributed by atoms with Crippen molar-refractivity contribution in [3.05, 3.63) is 53.3 Å². The lowest BCUT2D eigenvalue weighted by molar-refractivity contribution is 0.0995. The average molecular weight is 381 g/mol. The minimum atomic E-state index is -0.621. The van der Waals surface area contributed by atoms with Crippen molar-refractivity contribution in [1.82, 2.24) is 19.6 Å². The van der Waals surface area contributed by atoms with E-state index in [0.717, 1.165) is 32.5 Å². The number of nitrogens with zero attached hydrogens (tertiary/aromatic N) is 4. The molecular weight excluding hydrogens is 354 g/mol. The second kappa shape index (κ2) is 7.39. The zero-order valence-corrected chi connectivity index (χ0v) is 16.4. The number of aromatic nitrogens is 2. The van der Waals surface area contributed by atoms with Gasteiger partial charge in [-0.05, 0) is 50.3 Å². The molecule has 2 N–H and O–H groups in total. The molecule has 1 saturated carbocycles. The zero-order valence-electron chi connectivity index (χ0n) is 16.4. The minimum absolute atomic E-state index is 0.116. The lowest BCUT2D eigenvalue weighted by atomic mass is 10.0. The van der Waals surface area contributed by atoms with Gasteiger partial charge >= 0.3 is 6.03 Å². The number of rotatable bonds is 4. The van der Waals surface area contributed by atoms with Crippen LogP contribution in [-0.4, -0.2) is 57.7 Å². The van der Waals surface area contributed by atoms with Crippen LogP contribution < -0.4 is 5.73 Å². The Morgan fingerprint density at radius 2 is 1.79 bits per heavy atom. The van der Waals surface area contributed by atoms with Crippen LogP contribution in [0.15, 0.2) is 36.5 Å². The summed E-state index contributed by atoms with van der Waals surface area (Å²) in [6.45, 7) is 4.57. The molecule has 0 spiro atoms. The van der Waals surface area contributed by atoms with Crippen molar-refractivity contribution in [2.24, 2.45) is 17.6 Å². The quantitative estimate of drug-likeness (QED) is 0.879. The van der Waals surface area contributed by atoms with Gasteiger partial charge in [-0.1, -0.05) is 29.8 Å². The van der Waals surface area contributed by atoms with Gasteiger partial charge in [0.15, 0.2) is 5.69 Å². The van der Waals surface area contributed by atoms with Crippen LogP contribution in [0.4, 0.5) is 4.79 Å². The fourth-order valence-corrected chi connectivity index (χ4v) is 4.60. The summed E-state index contributed by atoms with van der Waals surface area (Å²) in [5.41, 5.74) is 7.96. The Bertz CT molecular complexity index is 861. The standard InChI is InChI=1S/C21H27N5O2/c1-14-3-5-15(6-4-14)11-24(2)18-9-16-12-25(13-17(16)10-18)21(28)26-8-7-19(23-26)20(22)27/h3-8,16-18H,9-13H2,1-2H3,(H2,22,27)/t16-,17+,18?. The van der Waals surface area contributed by atoms with E-state index in [1.165, 1.54) is 28.1 Å². The number of benzene rings is 1. The van der Waals surface area contributed by atoms with E-state index in [9.17, 15) is 9.59 Å². The number of amides is 2. The SMILES string of the molecule is Cc1ccc(CN(C)C2C[C@@H]3CN(C(=O)n4ccc(C(N)=O)n4)C[C@@H]3C2)cc1. The molecule has 2 heterocycles. The molecule has 2 aliphatic rings. The van der Waals surface area contributed by atoms with Crippen LogP contribution in [0.1, 0.15) is 34.5 Å². The number of hydrogen-bond donors (Lipinski definition) is 1. The molecule has 4 rings (SSSR count). The van der Waals surface area contributed by atoms with Crippen molar-refractivity contribution >= 4 is 11.9 Å². The number of fused-ring (bicyclic) bond motifs is 1. The van der Waals surface area contributed by atoms with Gasteiger partial charge in [-0.2, -0.15) is 9.78 Å². The van der Waals surface area contributed by atoms with E-state index in [1.807, 2.05) is 4.90 Å². The second-order valence-electron chi connectivity index (χ2n) is 8.24. The number of likely N-dealkylation sites (tertiary alicyclic amines) is 1. The first-order valence-electron chi connectivity index (χ1n) is 9.81. The molecule has 7 nitrogen and oxygen atoms in total. The Labute approximate surface area is 165 Å². The highest BCUT2D eigenvalue weighted by atomic mass is 16.2. The normalized spacial score (nSPS) is 24.0. The van der Waals surface area contributed by atoms with Crippen LogP contribution in [0.5, 0.6) is 0 Å². The maximum absolute atomic E-state index is 12.7. The molecule has 0 bridgehead atoms. The second-order valence-corrected chi connectivity index (χ2v) is 8.24. The molecule has 2 amide bonds. The summed E-state index contributed by atoms with van der Waals surface area (Å²) in [7, 11) is 2.20. The predicted molar refractivity (Wildman–Crippen MR) is 106 cm³/mol. The van der Waals surface area contributed by atoms with Gasteiger partial charge in [-0.15, -0.1) is 0 Å². The van der Waals surface area contributed by atoms with Gasteiger partial charge in [0.25, 0.3) is 5.91 Å². The third-order valence-corrected chi connectivity index (χ3v) is 6.21. The Kier molecular flexibility index (Phi) is 4.93. The van der Waals surface area contributed by atoms with Crippen molar-refractivity contribution in [2.75, 3.05) is 20.1 Å². The highest BCUT2D eigenvalue weighted by Gasteiger charge is 2.43. The van der Waals surface area contributed by atoms with Gasteiger partial charge in [-0.25, -0.2) is 4.79 Å². The molecule has 28 heavy (non-hydrogen) atoms. The summed E-state index contributed by atoms with van der Waals surface area (Å²) in [4.78, 5) is 28.1. The van der Waals surface area contributed by atoms with Crippen molar-refractivity contribution in [2.45, 2.75) is 32.4 Å². The molecule has 7 heteroatoms. The smallest absolute Gasteiger partial charge is 0.344 e. The van der Waals surface area contributed by atoms with E-state index in [1.54, 1.807) is 0 Å². The summed E-state index contributed by atoms with van der Waals surface area (Å²) in [5.74, 6) is 0.436. The summed E-state index contributed by atoms with van der Waals surface area (Å²) in [6.07, 6.45) is 3.74. The highest BCUT2D eigenvalue weighted by molar-refractivity contribution is 5.91. The predicted octanol–water partition coefficient (Wildman–Crippen LogP) is 2.10. The van der Waals surface area contributed by atoms with E-state index in [4.69, 9.17) is 5.73 Å². The van der Waals surface area contributed by atoms with Gasteiger partial charge in [0.1, 0.15) is 0 Å². The first kappa shape index (κ1) is 18.7. The fourth-order valence-electron chi connectivity index (χ4n) is 4.60. The molecule has 1 saturated heterocycles. The van der Waals surface area contributed by atoms with Crippen LogP contribution >= 0.6 is 0 Å². The lowest BCUT2D eigenvalue weighted by Crippen LogP contribution is -2.36. The molecule has 1 aromatic carbocycles. The summed E-state index contributed by atoms with van der Waals surface area (Å²) >= 11 is 0. The molecule has 0 radical (unpaired) electrons. The molecular formula is C21H27N5O2. The molecule has 3 atom stereocenters. The Morgan fingerprint density at radius 3 is 2.36 bits per heavy atom. The summed E-state index contributed by atoms with van der Waals surface area (Å²) in [6, 6.07) is 10.6. The van der Waals surface area contributed by atoms with Crippen molar-refractivity contribution in [1.29, 1.82) is 0 Å². The van der Waals surface area contributed by atoms with Crippen LogP contribution in [-0.2, 0) is 6.54 Å². The van der Waals surface area contributed by atoms with Crippen molar-refractivity contribution in [3.8, 4) is 0 Å². The zero-order chi connectivity index (χ0) is 19.8. The first-order valence-corrected chi connectivity index (χ1v) is 9.81. The maximum Gasteiger partial charge on any atom is 0.344 e. The van der Waals surface area contributed by atoms with Gasteiger partial charge < -0.3 is 10.6 Å². The number of carbonyl (C=O) groups is 2. The number of aryl methyl sites for hydroxylation is 1. The number of hydrogen-bond acceptors (Lipinski definition) is 4. The van der Waals surface area contributed by atoms with Crippen LogP contribution in [0.2, 0.25) is 0 Å². The first-order chi connectivity index (χ1) is 13.4. The third kappa shape index (κ3) is 3.67. The number of carbonyl (C=O) groups excluding carboxylic acids is 2. The largest absolute Gasteiger partial charge is 0.364 e. The summed E-state index contributed by atoms with van der Waals surface area (Å²) < 4.78 is 1.22. The van der Waals surface area contributed by atoms with Gasteiger partial charge in [0.05, 0.1) is 0 Å². The lowest BCUT2D eigenvalue weighted by Gasteiger charge is -2.26. The Balaban J connectivity index is 1.33. The van der Waals surface area contributed by atoms with Crippen molar-refractivity contribution in [3.63, 3.8) is 0 Å². The van der Waals surface area contributed by atoms with E-state index >= 15 is 0 Å². The topological polar surface area (TPSA) is 84.5 Å².